The molecule has 0 spiro atoms. The van der Waals surface area contributed by atoms with Crippen LogP contribution in [0.4, 0.5) is 5.69 Å². The molecular formula is C15H10ClN3O5. The first-order chi connectivity index (χ1) is 11.3. The molecule has 1 aromatic rings. The highest BCUT2D eigenvalue weighted by Gasteiger charge is 2.60. The molecule has 8 nitrogen and oxygen atoms in total. The lowest BCUT2D eigenvalue weighted by atomic mass is 9.72. The number of nitriles is 2. The number of ether oxygens (including phenoxy) is 1. The molecule has 9 heteroatoms. The van der Waals surface area contributed by atoms with Gasteiger partial charge in [0.2, 0.25) is 0 Å². The second-order valence-corrected chi connectivity index (χ2v) is 5.39. The van der Waals surface area contributed by atoms with E-state index in [2.05, 4.69) is 4.74 Å². The number of carboxylic acids is 1. The summed E-state index contributed by atoms with van der Waals surface area (Å²) in [6.45, 7) is -0.523. The summed E-state index contributed by atoms with van der Waals surface area (Å²) in [7, 11) is 1.12. The number of rotatable bonds is 4. The summed E-state index contributed by atoms with van der Waals surface area (Å²) in [5, 5.41) is 28.3. The van der Waals surface area contributed by atoms with E-state index >= 15 is 0 Å². The molecule has 122 valence electrons. The van der Waals surface area contributed by atoms with E-state index in [0.717, 1.165) is 12.0 Å². The van der Waals surface area contributed by atoms with Gasteiger partial charge in [-0.2, -0.15) is 10.5 Å². The van der Waals surface area contributed by atoms with Gasteiger partial charge in [0.1, 0.15) is 6.54 Å². The minimum Gasteiger partial charge on any atom is -0.480 e. The fraction of sp³-hybridized carbons (Fsp3) is 0.267. The van der Waals surface area contributed by atoms with Crippen molar-refractivity contribution in [1.29, 1.82) is 10.5 Å². The molecule has 0 fully saturated rings. The van der Waals surface area contributed by atoms with Crippen molar-refractivity contribution in [2.45, 2.75) is 5.41 Å². The maximum Gasteiger partial charge on any atom is 0.325 e. The molecule has 2 rings (SSSR count). The van der Waals surface area contributed by atoms with Crippen molar-refractivity contribution in [3.63, 3.8) is 0 Å². The molecule has 2 unspecified atom stereocenters. The van der Waals surface area contributed by atoms with Crippen LogP contribution in [0, 0.1) is 28.6 Å². The average Bonchev–Trinajstić information content (AvgIpc) is 2.77. The smallest absolute Gasteiger partial charge is 0.325 e. The summed E-state index contributed by atoms with van der Waals surface area (Å²) >= 11 is 5.90. The van der Waals surface area contributed by atoms with Crippen molar-refractivity contribution >= 4 is 35.1 Å². The Labute approximate surface area is 141 Å². The number of halogens is 1. The van der Waals surface area contributed by atoms with Crippen LogP contribution in [0.1, 0.15) is 5.56 Å². The molecule has 2 atom stereocenters. The number of carbonyl (C=O) groups excluding carboxylic acids is 2. The van der Waals surface area contributed by atoms with Gasteiger partial charge in [-0.05, 0) is 18.2 Å². The molecule has 0 bridgehead atoms. The number of esters is 1. The Morgan fingerprint density at radius 1 is 1.46 bits per heavy atom. The van der Waals surface area contributed by atoms with Crippen LogP contribution in [0.2, 0.25) is 5.02 Å². The quantitative estimate of drug-likeness (QED) is 0.798. The minimum absolute atomic E-state index is 0.0275. The average molecular weight is 348 g/mol. The predicted octanol–water partition coefficient (Wildman–Crippen LogP) is 0.845. The van der Waals surface area contributed by atoms with Gasteiger partial charge in [-0.25, -0.2) is 0 Å². The summed E-state index contributed by atoms with van der Waals surface area (Å²) in [5.74, 6) is -5.34. The zero-order valence-electron chi connectivity index (χ0n) is 12.3. The standard InChI is InChI=1S/C15H10ClN3O5/c1-24-12(20)6-19-11-3-2-8(16)4-9(11)15(7-18,14(19)23)10(5-17)13(21)22/h2-4,10H,6H2,1H3,(H,21,22). The molecule has 24 heavy (non-hydrogen) atoms. The molecule has 1 amide bonds. The summed E-state index contributed by atoms with van der Waals surface area (Å²) in [5.41, 5.74) is -2.19. The number of amides is 1. The van der Waals surface area contributed by atoms with Gasteiger partial charge in [0.15, 0.2) is 11.3 Å². The normalized spacial score (nSPS) is 19.8. The van der Waals surface area contributed by atoms with E-state index < -0.39 is 35.7 Å². The second kappa shape index (κ2) is 6.19. The number of hydrogen-bond donors (Lipinski definition) is 1. The van der Waals surface area contributed by atoms with Crippen LogP contribution in [0.25, 0.3) is 0 Å². The van der Waals surface area contributed by atoms with Crippen LogP contribution in [0.3, 0.4) is 0 Å². The SMILES string of the molecule is COC(=O)CN1C(=O)C(C#N)(C(C#N)C(=O)O)c2cc(Cl)ccc21. The molecule has 0 saturated carbocycles. The molecule has 0 aromatic heterocycles. The van der Waals surface area contributed by atoms with E-state index in [1.807, 2.05) is 0 Å². The number of hydrogen-bond acceptors (Lipinski definition) is 6. The van der Waals surface area contributed by atoms with E-state index in [1.54, 1.807) is 6.07 Å². The van der Waals surface area contributed by atoms with E-state index in [4.69, 9.17) is 11.6 Å². The first-order valence-electron chi connectivity index (χ1n) is 6.56. The second-order valence-electron chi connectivity index (χ2n) is 4.95. The van der Waals surface area contributed by atoms with Gasteiger partial charge in [-0.15, -0.1) is 0 Å². The van der Waals surface area contributed by atoms with Crippen LogP contribution >= 0.6 is 11.6 Å². The molecular weight excluding hydrogens is 338 g/mol. The van der Waals surface area contributed by atoms with Gasteiger partial charge in [0.25, 0.3) is 5.91 Å². The van der Waals surface area contributed by atoms with Crippen molar-refractivity contribution < 1.29 is 24.2 Å². The fourth-order valence-corrected chi connectivity index (χ4v) is 2.81. The monoisotopic (exact) mass is 347 g/mol. The zero-order valence-corrected chi connectivity index (χ0v) is 13.1. The summed E-state index contributed by atoms with van der Waals surface area (Å²) in [6.07, 6.45) is 0. The Morgan fingerprint density at radius 2 is 2.12 bits per heavy atom. The van der Waals surface area contributed by atoms with Crippen LogP contribution in [0.15, 0.2) is 18.2 Å². The number of aliphatic carboxylic acids is 1. The lowest BCUT2D eigenvalue weighted by molar-refractivity contribution is -0.144. The Bertz CT molecular complexity index is 825. The van der Waals surface area contributed by atoms with Gasteiger partial charge >= 0.3 is 11.9 Å². The Kier molecular flexibility index (Phi) is 4.45. The number of nitrogens with zero attached hydrogens (tertiary/aromatic N) is 3. The highest BCUT2D eigenvalue weighted by molar-refractivity contribution is 6.31. The van der Waals surface area contributed by atoms with Gasteiger partial charge < -0.3 is 9.84 Å². The maximum atomic E-state index is 12.8. The van der Waals surface area contributed by atoms with Crippen molar-refractivity contribution in [3.8, 4) is 12.1 Å². The van der Waals surface area contributed by atoms with Gasteiger partial charge in [0.05, 0.1) is 19.2 Å². The number of methoxy groups -OCH3 is 1. The topological polar surface area (TPSA) is 131 Å². The number of benzene rings is 1. The molecule has 1 aromatic carbocycles. The largest absolute Gasteiger partial charge is 0.480 e. The molecule has 0 aliphatic carbocycles. The molecule has 1 aliphatic rings. The van der Waals surface area contributed by atoms with E-state index in [0.29, 0.717) is 0 Å². The Balaban J connectivity index is 2.75. The van der Waals surface area contributed by atoms with Crippen LogP contribution < -0.4 is 4.90 Å². The highest BCUT2D eigenvalue weighted by atomic mass is 35.5. The van der Waals surface area contributed by atoms with Gasteiger partial charge in [-0.1, -0.05) is 11.6 Å². The number of carboxylic acid groups (broad SMARTS) is 1. The lowest BCUT2D eigenvalue weighted by Gasteiger charge is -2.23. The van der Waals surface area contributed by atoms with Crippen LogP contribution in [-0.2, 0) is 24.5 Å². The van der Waals surface area contributed by atoms with Crippen molar-refractivity contribution in [1.82, 2.24) is 0 Å². The van der Waals surface area contributed by atoms with Gasteiger partial charge in [-0.3, -0.25) is 19.3 Å². The number of fused-ring (bicyclic) bond motifs is 1. The maximum absolute atomic E-state index is 12.8. The summed E-state index contributed by atoms with van der Waals surface area (Å²) < 4.78 is 4.51. The molecule has 1 heterocycles. The van der Waals surface area contributed by atoms with Crippen LogP contribution in [0.5, 0.6) is 0 Å². The van der Waals surface area contributed by atoms with Crippen molar-refractivity contribution in [2.75, 3.05) is 18.6 Å². The third-order valence-electron chi connectivity index (χ3n) is 3.76. The Morgan fingerprint density at radius 3 is 2.62 bits per heavy atom. The third kappa shape index (κ3) is 2.34. The van der Waals surface area contributed by atoms with Crippen LogP contribution in [-0.4, -0.2) is 36.6 Å². The van der Waals surface area contributed by atoms with E-state index in [1.165, 1.54) is 24.3 Å². The fourth-order valence-electron chi connectivity index (χ4n) is 2.64. The first kappa shape index (κ1) is 17.3. The van der Waals surface area contributed by atoms with E-state index in [9.17, 15) is 30.0 Å². The lowest BCUT2D eigenvalue weighted by Crippen LogP contribution is -2.48. The Hall–Kier alpha value is -3.10. The highest BCUT2D eigenvalue weighted by Crippen LogP contribution is 2.47. The number of carbonyl (C=O) groups is 3. The van der Waals surface area contributed by atoms with E-state index in [-0.39, 0.29) is 16.3 Å². The molecule has 0 radical (unpaired) electrons. The summed E-state index contributed by atoms with van der Waals surface area (Å²) in [4.78, 5) is 36.7. The molecule has 0 saturated heterocycles. The molecule has 1 N–H and O–H groups in total. The zero-order chi connectivity index (χ0) is 18.1. The third-order valence-corrected chi connectivity index (χ3v) is 3.99. The van der Waals surface area contributed by atoms with Crippen molar-refractivity contribution in [3.05, 3.63) is 28.8 Å². The van der Waals surface area contributed by atoms with Gasteiger partial charge in [0, 0.05) is 16.3 Å². The first-order valence-corrected chi connectivity index (χ1v) is 6.93. The summed E-state index contributed by atoms with van der Waals surface area (Å²) in [6, 6.07) is 7.20. The number of anilines is 1. The minimum atomic E-state index is -2.30. The predicted molar refractivity (Wildman–Crippen MR) is 79.9 cm³/mol. The molecule has 1 aliphatic heterocycles. The van der Waals surface area contributed by atoms with Crippen molar-refractivity contribution in [2.24, 2.45) is 5.92 Å².